The van der Waals surface area contributed by atoms with Gasteiger partial charge in [-0.25, -0.2) is 13.2 Å². The Balaban J connectivity index is 0.00000500. The SMILES string of the molecule is NC(N)=NCCC[C@H](NC(=O)c1sccc1NS(=O)(=O)c1cc(-c2ccccc2CNCc2ccn[nH]2)cc2c1OCC2)C(=O)O.[HH]. The molecule has 5 rings (SSSR count). The number of aromatic amines is 1. The lowest BCUT2D eigenvalue weighted by Gasteiger charge is -2.17. The Kier molecular flexibility index (Phi) is 10.2. The minimum atomic E-state index is -4.25. The Morgan fingerprint density at radius 1 is 1.17 bits per heavy atom. The Labute approximate surface area is 270 Å². The third kappa shape index (κ3) is 7.82. The summed E-state index contributed by atoms with van der Waals surface area (Å²) in [7, 11) is -4.25. The van der Waals surface area contributed by atoms with E-state index in [1.165, 1.54) is 6.07 Å². The average molecular weight is 669 g/mol. The number of benzene rings is 2. The summed E-state index contributed by atoms with van der Waals surface area (Å²) in [5.41, 5.74) is 14.9. The monoisotopic (exact) mass is 668 g/mol. The molecule has 0 saturated carbocycles. The number of carboxylic acids is 1. The number of H-pyrrole nitrogens is 1. The number of hydrogen-bond donors (Lipinski definition) is 7. The zero-order valence-electron chi connectivity index (χ0n) is 24.7. The van der Waals surface area contributed by atoms with Crippen LogP contribution in [0, 0.1) is 0 Å². The molecule has 1 amide bonds. The number of aliphatic imine (C=N–C) groups is 1. The molecule has 0 fully saturated rings. The molecule has 16 heteroatoms. The smallest absolute Gasteiger partial charge is 0.326 e. The van der Waals surface area contributed by atoms with Crippen LogP contribution in [0.4, 0.5) is 5.69 Å². The number of nitrogens with zero attached hydrogens (tertiary/aromatic N) is 2. The third-order valence-corrected chi connectivity index (χ3v) is 9.51. The van der Waals surface area contributed by atoms with Crippen LogP contribution in [0.15, 0.2) is 70.0 Å². The quantitative estimate of drug-likeness (QED) is 0.0557. The Bertz CT molecular complexity index is 1840. The first-order valence-electron chi connectivity index (χ1n) is 14.4. The lowest BCUT2D eigenvalue weighted by Crippen LogP contribution is -2.40. The van der Waals surface area contributed by atoms with Crippen LogP contribution in [0.1, 0.15) is 40.8 Å². The summed E-state index contributed by atoms with van der Waals surface area (Å²) in [6.45, 7) is 1.64. The molecule has 0 aliphatic carbocycles. The number of aliphatic carboxylic acids is 1. The molecule has 0 radical (unpaired) electrons. The van der Waals surface area contributed by atoms with Crippen LogP contribution in [0.2, 0.25) is 0 Å². The number of guanidine groups is 1. The van der Waals surface area contributed by atoms with Gasteiger partial charge in [0.1, 0.15) is 21.6 Å². The number of nitrogens with one attached hydrogen (secondary N) is 4. The zero-order chi connectivity index (χ0) is 32.7. The van der Waals surface area contributed by atoms with Crippen molar-refractivity contribution in [2.45, 2.75) is 43.3 Å². The van der Waals surface area contributed by atoms with Gasteiger partial charge < -0.3 is 31.9 Å². The van der Waals surface area contributed by atoms with Gasteiger partial charge in [0, 0.05) is 39.4 Å². The van der Waals surface area contributed by atoms with E-state index in [0.29, 0.717) is 38.1 Å². The van der Waals surface area contributed by atoms with E-state index in [2.05, 4.69) is 30.5 Å². The second-order valence-corrected chi connectivity index (χ2v) is 13.1. The number of amides is 1. The lowest BCUT2D eigenvalue weighted by molar-refractivity contribution is -0.139. The number of carbonyl (C=O) groups is 2. The number of rotatable bonds is 15. The Morgan fingerprint density at radius 3 is 2.76 bits per heavy atom. The number of carboxylic acid groups (broad SMARTS) is 1. The first-order valence-corrected chi connectivity index (χ1v) is 16.7. The molecule has 3 heterocycles. The van der Waals surface area contributed by atoms with Gasteiger partial charge in [-0.1, -0.05) is 24.3 Å². The molecule has 0 bridgehead atoms. The van der Waals surface area contributed by atoms with Crippen LogP contribution in [0.5, 0.6) is 5.75 Å². The molecule has 0 spiro atoms. The van der Waals surface area contributed by atoms with E-state index in [1.807, 2.05) is 36.4 Å². The van der Waals surface area contributed by atoms with Crippen molar-refractivity contribution >= 4 is 44.9 Å². The number of sulfonamides is 1. The first-order chi connectivity index (χ1) is 22.1. The van der Waals surface area contributed by atoms with Crippen molar-refractivity contribution in [2.24, 2.45) is 16.5 Å². The highest BCUT2D eigenvalue weighted by atomic mass is 32.2. The van der Waals surface area contributed by atoms with Crippen molar-refractivity contribution in [1.82, 2.24) is 20.8 Å². The van der Waals surface area contributed by atoms with Crippen LogP contribution in [0.25, 0.3) is 11.1 Å². The van der Waals surface area contributed by atoms with Gasteiger partial charge in [-0.05, 0) is 64.7 Å². The van der Waals surface area contributed by atoms with Crippen LogP contribution >= 0.6 is 11.3 Å². The summed E-state index contributed by atoms with van der Waals surface area (Å²) >= 11 is 0.982. The number of fused-ring (bicyclic) bond motifs is 1. The van der Waals surface area contributed by atoms with Gasteiger partial charge in [-0.15, -0.1) is 11.3 Å². The van der Waals surface area contributed by atoms with E-state index in [9.17, 15) is 23.1 Å². The van der Waals surface area contributed by atoms with E-state index in [0.717, 1.165) is 33.7 Å². The fourth-order valence-electron chi connectivity index (χ4n) is 5.05. The van der Waals surface area contributed by atoms with Gasteiger partial charge in [0.2, 0.25) is 0 Å². The average Bonchev–Trinajstić information content (AvgIpc) is 3.80. The number of aromatic nitrogens is 2. The number of hydrogen-bond acceptors (Lipinski definition) is 9. The van der Waals surface area contributed by atoms with Gasteiger partial charge in [-0.2, -0.15) is 5.10 Å². The highest BCUT2D eigenvalue weighted by molar-refractivity contribution is 7.92. The van der Waals surface area contributed by atoms with E-state index in [1.54, 1.807) is 17.6 Å². The van der Waals surface area contributed by atoms with Crippen molar-refractivity contribution in [3.8, 4) is 16.9 Å². The van der Waals surface area contributed by atoms with Crippen molar-refractivity contribution in [3.05, 3.63) is 81.8 Å². The van der Waals surface area contributed by atoms with E-state index >= 15 is 0 Å². The maximum absolute atomic E-state index is 13.9. The number of carbonyl (C=O) groups excluding carboxylic acids is 1. The molecule has 0 unspecified atom stereocenters. The summed E-state index contributed by atoms with van der Waals surface area (Å²) in [5, 5.41) is 23.9. The van der Waals surface area contributed by atoms with Crippen LogP contribution in [0.3, 0.4) is 0 Å². The van der Waals surface area contributed by atoms with Gasteiger partial charge in [-0.3, -0.25) is 19.6 Å². The molecule has 2 aromatic heterocycles. The van der Waals surface area contributed by atoms with E-state index in [-0.39, 0.29) is 41.6 Å². The topological polar surface area (TPSA) is 227 Å². The molecule has 1 aliphatic heterocycles. The van der Waals surface area contributed by atoms with Crippen molar-refractivity contribution in [2.75, 3.05) is 17.9 Å². The second-order valence-electron chi connectivity index (χ2n) is 10.5. The van der Waals surface area contributed by atoms with Gasteiger partial charge in [0.15, 0.2) is 5.96 Å². The standard InChI is InChI=1S/C30H34N8O6S2.H2/c31-30(32)34-10-3-6-24(29(40)41)36-28(39)27-23(9-13-45-27)38-46(42,43)25-15-20(14-18-8-12-44-26(18)25)22-5-2-1-4-19(22)16-33-17-21-7-11-35-37-21;/h1-2,4-5,7,9,11,13-15,24,33,38H,3,6,8,10,12,16-17H2,(H,35,37)(H,36,39)(H,40,41)(H4,31,32,34);1H/t24-;/m0./s1. The van der Waals surface area contributed by atoms with E-state index in [4.69, 9.17) is 16.2 Å². The molecule has 46 heavy (non-hydrogen) atoms. The van der Waals surface area contributed by atoms with E-state index < -0.39 is 27.9 Å². The fourth-order valence-corrected chi connectivity index (χ4v) is 7.15. The molecule has 9 N–H and O–H groups in total. The van der Waals surface area contributed by atoms with Crippen LogP contribution < -0.4 is 31.6 Å². The molecule has 1 aliphatic rings. The maximum Gasteiger partial charge on any atom is 0.326 e. The van der Waals surface area contributed by atoms with Crippen LogP contribution in [-0.2, 0) is 34.3 Å². The molecular formula is C30H36N8O6S2. The minimum absolute atomic E-state index is 0. The highest BCUT2D eigenvalue weighted by Crippen LogP contribution is 2.39. The molecule has 0 saturated heterocycles. The molecule has 1 atom stereocenters. The Morgan fingerprint density at radius 2 is 2.00 bits per heavy atom. The van der Waals surface area contributed by atoms with Crippen LogP contribution in [-0.4, -0.2) is 60.8 Å². The van der Waals surface area contributed by atoms with Crippen molar-refractivity contribution in [1.29, 1.82) is 0 Å². The minimum Gasteiger partial charge on any atom is -0.492 e. The summed E-state index contributed by atoms with van der Waals surface area (Å²) in [6, 6.07) is 13.4. The molecule has 4 aromatic rings. The van der Waals surface area contributed by atoms with Gasteiger partial charge in [0.25, 0.3) is 15.9 Å². The molecule has 14 nitrogen and oxygen atoms in total. The lowest BCUT2D eigenvalue weighted by atomic mass is 9.97. The third-order valence-electron chi connectivity index (χ3n) is 7.22. The molecular weight excluding hydrogens is 633 g/mol. The Hall–Kier alpha value is -4.93. The molecule has 2 aromatic carbocycles. The predicted molar refractivity (Wildman–Crippen MR) is 176 cm³/mol. The summed E-state index contributed by atoms with van der Waals surface area (Å²) in [5.74, 6) is -1.82. The number of ether oxygens (including phenoxy) is 1. The van der Waals surface area contributed by atoms with Gasteiger partial charge in [0.05, 0.1) is 12.3 Å². The largest absolute Gasteiger partial charge is 0.492 e. The van der Waals surface area contributed by atoms with Crippen molar-refractivity contribution in [3.63, 3.8) is 0 Å². The summed E-state index contributed by atoms with van der Waals surface area (Å²) in [4.78, 5) is 28.7. The normalized spacial score (nSPS) is 13.0. The summed E-state index contributed by atoms with van der Waals surface area (Å²) < 4.78 is 36.1. The zero-order valence-corrected chi connectivity index (χ0v) is 26.3. The highest BCUT2D eigenvalue weighted by Gasteiger charge is 2.30. The number of thiophene rings is 1. The maximum atomic E-state index is 13.9. The summed E-state index contributed by atoms with van der Waals surface area (Å²) in [6.07, 6.45) is 2.60. The van der Waals surface area contributed by atoms with Crippen molar-refractivity contribution < 1.29 is 29.3 Å². The predicted octanol–water partition coefficient (Wildman–Crippen LogP) is 2.65. The fraction of sp³-hybridized carbons (Fsp3) is 0.267. The number of nitrogens with two attached hydrogens (primary N) is 2. The number of anilines is 1. The first kappa shape index (κ1) is 32.5. The van der Waals surface area contributed by atoms with Gasteiger partial charge >= 0.3 is 5.97 Å². The second kappa shape index (κ2) is 14.4. The molecule has 244 valence electrons.